The van der Waals surface area contributed by atoms with Gasteiger partial charge in [0, 0.05) is 22.6 Å². The van der Waals surface area contributed by atoms with Crippen molar-refractivity contribution in [2.45, 2.75) is 5.92 Å². The third-order valence-corrected chi connectivity index (χ3v) is 9.60. The molecule has 3 aromatic rings. The number of carboxylic acids is 1. The molecule has 1 heterocycles. The van der Waals surface area contributed by atoms with Crippen LogP contribution < -0.4 is 4.74 Å². The Bertz CT molecular complexity index is 1350. The van der Waals surface area contributed by atoms with E-state index in [1.54, 1.807) is 12.1 Å². The number of rotatable bonds is 2. The van der Waals surface area contributed by atoms with Crippen LogP contribution in [0.5, 0.6) is 23.0 Å². The summed E-state index contributed by atoms with van der Waals surface area (Å²) in [5, 5.41) is 30.2. The number of ether oxygens (including phenoxy) is 1. The third kappa shape index (κ3) is 3.81. The summed E-state index contributed by atoms with van der Waals surface area (Å²) in [6.07, 6.45) is 0. The molecule has 0 saturated carbocycles. The molecule has 5 nitrogen and oxygen atoms in total. The summed E-state index contributed by atoms with van der Waals surface area (Å²) in [6.45, 7) is 0. The van der Waals surface area contributed by atoms with E-state index < -0.39 is 11.9 Å². The number of phenolic OH excluding ortho intramolecular Hbond substituents is 2. The van der Waals surface area contributed by atoms with E-state index in [1.807, 2.05) is 67.8 Å². The Balaban J connectivity index is 2.21. The van der Waals surface area contributed by atoms with Gasteiger partial charge in [0.25, 0.3) is 0 Å². The second kappa shape index (κ2) is 9.15. The minimum atomic E-state index is -1.34. The van der Waals surface area contributed by atoms with Crippen LogP contribution in [-0.4, -0.2) is 21.3 Å². The van der Waals surface area contributed by atoms with E-state index in [2.05, 4.69) is 0 Å². The van der Waals surface area contributed by atoms with Crippen LogP contribution in [-0.2, 0) is 0 Å². The van der Waals surface area contributed by atoms with Crippen LogP contribution in [0.15, 0.2) is 18.2 Å². The molecule has 1 atom stereocenters. The van der Waals surface area contributed by atoms with Crippen LogP contribution in [0.3, 0.4) is 0 Å². The van der Waals surface area contributed by atoms with Gasteiger partial charge in [-0.15, -0.1) is 0 Å². The van der Waals surface area contributed by atoms with Crippen molar-refractivity contribution in [3.63, 3.8) is 0 Å². The normalized spacial score (nSPS) is 14.5. The van der Waals surface area contributed by atoms with Gasteiger partial charge in [-0.1, -0.05) is 52.5 Å². The molecule has 0 saturated heterocycles. The minimum Gasteiger partial charge on any atom is -0.507 e. The fourth-order valence-corrected chi connectivity index (χ4v) is 7.02. The number of aromatic hydroxyl groups is 2. The van der Waals surface area contributed by atoms with Gasteiger partial charge in [-0.3, -0.25) is 0 Å². The minimum absolute atomic E-state index is 0.0130. The summed E-state index contributed by atoms with van der Waals surface area (Å²) in [4.78, 5) is 12.3. The number of fused-ring (bicyclic) bond motifs is 2. The smallest absolute Gasteiger partial charge is 0.337 e. The first-order chi connectivity index (χ1) is 15.0. The highest BCUT2D eigenvalue weighted by atomic mass is 127. The number of hydrogen-bond acceptors (Lipinski definition) is 4. The average molecular weight is 850 g/mol. The maximum Gasteiger partial charge on any atom is 0.337 e. The maximum atomic E-state index is 12.3. The van der Waals surface area contributed by atoms with Crippen molar-refractivity contribution >= 4 is 120 Å². The zero-order valence-electron chi connectivity index (χ0n) is 15.1. The zero-order chi connectivity index (χ0) is 23.6. The number of carbonyl (C=O) groups is 1. The fraction of sp³-hybridized carbons (Fsp3) is 0.0500. The van der Waals surface area contributed by atoms with Crippen LogP contribution in [0.2, 0.25) is 20.1 Å². The van der Waals surface area contributed by atoms with E-state index >= 15 is 0 Å². The molecule has 0 fully saturated rings. The molecular formula is C20H7Cl4I3O5. The molecule has 3 aromatic carbocycles. The van der Waals surface area contributed by atoms with Gasteiger partial charge in [0.2, 0.25) is 0 Å². The highest BCUT2D eigenvalue weighted by Crippen LogP contribution is 2.57. The highest BCUT2D eigenvalue weighted by molar-refractivity contribution is 14.1. The summed E-state index contributed by atoms with van der Waals surface area (Å²) < 4.78 is 7.46. The topological polar surface area (TPSA) is 87.0 Å². The van der Waals surface area contributed by atoms with Gasteiger partial charge in [-0.25, -0.2) is 4.79 Å². The molecule has 0 aromatic heterocycles. The van der Waals surface area contributed by atoms with Gasteiger partial charge in [0.1, 0.15) is 23.0 Å². The first-order valence-corrected chi connectivity index (χ1v) is 13.2. The third-order valence-electron chi connectivity index (χ3n) is 4.92. The van der Waals surface area contributed by atoms with Gasteiger partial charge in [0.15, 0.2) is 0 Å². The highest BCUT2D eigenvalue weighted by Gasteiger charge is 2.39. The van der Waals surface area contributed by atoms with Crippen LogP contribution in [0, 0.1) is 10.7 Å². The van der Waals surface area contributed by atoms with Crippen LogP contribution in [0.4, 0.5) is 0 Å². The van der Waals surface area contributed by atoms with Gasteiger partial charge in [-0.2, -0.15) is 0 Å². The fourth-order valence-electron chi connectivity index (χ4n) is 3.53. The molecule has 1 aliphatic heterocycles. The lowest BCUT2D eigenvalue weighted by molar-refractivity contribution is 0.0695. The molecule has 3 N–H and O–H groups in total. The summed E-state index contributed by atoms with van der Waals surface area (Å²) in [5.74, 6) is -1.53. The van der Waals surface area contributed by atoms with Gasteiger partial charge >= 0.3 is 5.97 Å². The summed E-state index contributed by atoms with van der Waals surface area (Å²) in [6, 6.07) is 4.77. The SMILES string of the molecule is O=C(O)c1c(Cl)c(Cl)c(Cl)c(Cl)c1C1c2ccc(O)c(I)c2Oc2c1cc(I)c(O)c2I. The molecule has 12 heteroatoms. The summed E-state index contributed by atoms with van der Waals surface area (Å²) >= 11 is 31.2. The molecule has 0 amide bonds. The lowest BCUT2D eigenvalue weighted by Crippen LogP contribution is -2.18. The number of aromatic carboxylic acids is 1. The van der Waals surface area contributed by atoms with Crippen molar-refractivity contribution in [2.75, 3.05) is 0 Å². The van der Waals surface area contributed by atoms with Gasteiger partial charge < -0.3 is 20.1 Å². The van der Waals surface area contributed by atoms with Crippen molar-refractivity contribution < 1.29 is 24.9 Å². The number of carboxylic acid groups (broad SMARTS) is 1. The van der Waals surface area contributed by atoms with Crippen LogP contribution in [0.1, 0.15) is 33.0 Å². The van der Waals surface area contributed by atoms with E-state index in [1.165, 1.54) is 6.07 Å². The Labute approximate surface area is 242 Å². The first-order valence-electron chi connectivity index (χ1n) is 8.46. The number of benzene rings is 3. The largest absolute Gasteiger partial charge is 0.507 e. The Morgan fingerprint density at radius 3 is 2.09 bits per heavy atom. The predicted octanol–water partition coefficient (Wildman–Crippen LogP) is 8.51. The van der Waals surface area contributed by atoms with Crippen LogP contribution in [0.25, 0.3) is 0 Å². The Hall–Kier alpha value is -0.120. The molecule has 0 bridgehead atoms. The lowest BCUT2D eigenvalue weighted by atomic mass is 9.80. The molecular weight excluding hydrogens is 843 g/mol. The number of phenols is 2. The van der Waals surface area contributed by atoms with Gasteiger partial charge in [-0.05, 0) is 79.9 Å². The second-order valence-corrected chi connectivity index (χ2v) is 11.5. The first kappa shape index (κ1) is 25.0. The molecule has 32 heavy (non-hydrogen) atoms. The van der Waals surface area contributed by atoms with Crippen LogP contribution >= 0.6 is 114 Å². The van der Waals surface area contributed by atoms with Crippen molar-refractivity contribution in [1.82, 2.24) is 0 Å². The van der Waals surface area contributed by atoms with Crippen molar-refractivity contribution in [2.24, 2.45) is 0 Å². The van der Waals surface area contributed by atoms with E-state index in [9.17, 15) is 20.1 Å². The number of halogens is 7. The zero-order valence-corrected chi connectivity index (χ0v) is 24.6. The molecule has 0 radical (unpaired) electrons. The molecule has 0 aliphatic carbocycles. The molecule has 1 aliphatic rings. The average Bonchev–Trinajstić information content (AvgIpc) is 2.75. The van der Waals surface area contributed by atoms with Gasteiger partial charge in [0.05, 0.1) is 36.4 Å². The Kier molecular flexibility index (Phi) is 7.15. The Morgan fingerprint density at radius 1 is 0.875 bits per heavy atom. The summed E-state index contributed by atoms with van der Waals surface area (Å²) in [5.41, 5.74) is 0.916. The maximum absolute atomic E-state index is 12.3. The Morgan fingerprint density at radius 2 is 1.47 bits per heavy atom. The predicted molar refractivity (Wildman–Crippen MR) is 149 cm³/mol. The van der Waals surface area contributed by atoms with Crippen molar-refractivity contribution in [3.8, 4) is 23.0 Å². The van der Waals surface area contributed by atoms with E-state index in [0.29, 0.717) is 33.3 Å². The number of hydrogen-bond donors (Lipinski definition) is 3. The van der Waals surface area contributed by atoms with E-state index in [4.69, 9.17) is 51.1 Å². The molecule has 1 unspecified atom stereocenters. The quantitative estimate of drug-likeness (QED) is 0.107. The monoisotopic (exact) mass is 848 g/mol. The standard InChI is InChI=1S/C20H7Cl4I3O5/c21-11-9(10(20(30)31)12(22)14(24)13(11)23)8-4-1-2-7(28)15(26)18(4)32-19-5(8)3-6(25)17(29)16(19)27/h1-3,8,28-29H,(H,30,31). The molecule has 4 rings (SSSR count). The van der Waals surface area contributed by atoms with E-state index in [0.717, 1.165) is 0 Å². The summed E-state index contributed by atoms with van der Waals surface area (Å²) in [7, 11) is 0. The lowest BCUT2D eigenvalue weighted by Gasteiger charge is -2.32. The van der Waals surface area contributed by atoms with E-state index in [-0.39, 0.29) is 42.7 Å². The second-order valence-electron chi connectivity index (χ2n) is 6.64. The van der Waals surface area contributed by atoms with Crippen molar-refractivity contribution in [3.05, 3.63) is 71.3 Å². The van der Waals surface area contributed by atoms with Crippen molar-refractivity contribution in [1.29, 1.82) is 0 Å². The molecule has 0 spiro atoms. The molecule has 166 valence electrons.